The predicted octanol–water partition coefficient (Wildman–Crippen LogP) is 3.89. The number of aryl methyl sites for hydroxylation is 2. The molecule has 4 aromatic heterocycles. The molecule has 8 heteroatoms. The summed E-state index contributed by atoms with van der Waals surface area (Å²) >= 11 is 3.25. The fourth-order valence-corrected chi connectivity index (χ4v) is 5.29. The number of fused-ring (bicyclic) bond motifs is 3. The Bertz CT molecular complexity index is 1120. The third-order valence-corrected chi connectivity index (χ3v) is 6.62. The Labute approximate surface area is 157 Å². The van der Waals surface area contributed by atoms with Gasteiger partial charge in [0.25, 0.3) is 11.4 Å². The molecular formula is C18H16N4O2S2. The molecule has 0 aliphatic heterocycles. The van der Waals surface area contributed by atoms with Crippen molar-refractivity contribution in [3.05, 3.63) is 49.8 Å². The summed E-state index contributed by atoms with van der Waals surface area (Å²) in [5, 5.41) is 8.72. The van der Waals surface area contributed by atoms with E-state index in [0.29, 0.717) is 11.7 Å². The Morgan fingerprint density at radius 3 is 3.04 bits per heavy atom. The lowest BCUT2D eigenvalue weighted by molar-refractivity contribution is 0.420. The first kappa shape index (κ1) is 15.9. The molecule has 1 aliphatic rings. The third-order valence-electron chi connectivity index (χ3n) is 4.74. The first-order valence-corrected chi connectivity index (χ1v) is 10.4. The minimum absolute atomic E-state index is 0.00344. The van der Waals surface area contributed by atoms with Gasteiger partial charge in [0.2, 0.25) is 0 Å². The van der Waals surface area contributed by atoms with E-state index in [1.807, 2.05) is 16.8 Å². The zero-order valence-electron chi connectivity index (χ0n) is 14.0. The standard InChI is InChI=1S/C18H16N4O2S2/c23-18-15-12-4-2-1-3-5-13(12)26-17(15)19-10-22(18)8-14-20-16(24-21-14)11-6-7-25-9-11/h6-7,9-10H,1-5,8H2. The van der Waals surface area contributed by atoms with Gasteiger partial charge in [-0.05, 0) is 42.7 Å². The molecule has 4 heterocycles. The van der Waals surface area contributed by atoms with Crippen LogP contribution in [0, 0.1) is 0 Å². The number of nitrogens with zero attached hydrogens (tertiary/aromatic N) is 4. The van der Waals surface area contributed by atoms with Gasteiger partial charge in [-0.1, -0.05) is 11.6 Å². The number of hydrogen-bond donors (Lipinski definition) is 0. The molecule has 0 radical (unpaired) electrons. The molecule has 0 N–H and O–H groups in total. The molecule has 0 fully saturated rings. The second-order valence-electron chi connectivity index (χ2n) is 6.45. The average molecular weight is 384 g/mol. The van der Waals surface area contributed by atoms with Crippen LogP contribution < -0.4 is 5.56 Å². The molecule has 26 heavy (non-hydrogen) atoms. The largest absolute Gasteiger partial charge is 0.334 e. The van der Waals surface area contributed by atoms with E-state index in [1.165, 1.54) is 23.3 Å². The smallest absolute Gasteiger partial charge is 0.262 e. The van der Waals surface area contributed by atoms with Crippen molar-refractivity contribution >= 4 is 32.9 Å². The summed E-state index contributed by atoms with van der Waals surface area (Å²) in [6, 6.07) is 1.93. The molecule has 0 saturated carbocycles. The second-order valence-corrected chi connectivity index (χ2v) is 8.31. The van der Waals surface area contributed by atoms with Gasteiger partial charge in [0, 0.05) is 10.3 Å². The zero-order chi connectivity index (χ0) is 17.5. The van der Waals surface area contributed by atoms with Gasteiger partial charge in [0.1, 0.15) is 4.83 Å². The third kappa shape index (κ3) is 2.69. The average Bonchev–Trinajstić information content (AvgIpc) is 3.35. The highest BCUT2D eigenvalue weighted by Crippen LogP contribution is 2.32. The van der Waals surface area contributed by atoms with Crippen LogP contribution in [0.25, 0.3) is 21.7 Å². The van der Waals surface area contributed by atoms with Crippen LogP contribution in [0.2, 0.25) is 0 Å². The maximum absolute atomic E-state index is 13.1. The molecule has 6 nitrogen and oxygen atoms in total. The Morgan fingerprint density at radius 2 is 2.15 bits per heavy atom. The number of thiophene rings is 2. The Kier molecular flexibility index (Phi) is 3.94. The fourth-order valence-electron chi connectivity index (χ4n) is 3.44. The van der Waals surface area contributed by atoms with Gasteiger partial charge in [-0.25, -0.2) is 4.98 Å². The summed E-state index contributed by atoms with van der Waals surface area (Å²) in [4.78, 5) is 24.2. The molecule has 5 rings (SSSR count). The fraction of sp³-hybridized carbons (Fsp3) is 0.333. The number of aromatic nitrogens is 4. The summed E-state index contributed by atoms with van der Waals surface area (Å²) in [6.07, 6.45) is 7.20. The molecule has 132 valence electrons. The van der Waals surface area contributed by atoms with Crippen LogP contribution in [0.15, 0.2) is 32.5 Å². The highest BCUT2D eigenvalue weighted by molar-refractivity contribution is 7.18. The van der Waals surface area contributed by atoms with Crippen LogP contribution in [0.3, 0.4) is 0 Å². The monoisotopic (exact) mass is 384 g/mol. The summed E-state index contributed by atoms with van der Waals surface area (Å²) in [7, 11) is 0. The van der Waals surface area contributed by atoms with Gasteiger partial charge in [-0.3, -0.25) is 9.36 Å². The van der Waals surface area contributed by atoms with Crippen LogP contribution in [0.4, 0.5) is 0 Å². The van der Waals surface area contributed by atoms with E-state index in [1.54, 1.807) is 33.6 Å². The van der Waals surface area contributed by atoms with Crippen molar-refractivity contribution < 1.29 is 4.52 Å². The van der Waals surface area contributed by atoms with Gasteiger partial charge in [-0.2, -0.15) is 16.3 Å². The quantitative estimate of drug-likeness (QED) is 0.501. The van der Waals surface area contributed by atoms with Gasteiger partial charge in [-0.15, -0.1) is 11.3 Å². The number of rotatable bonds is 3. The normalized spacial score (nSPS) is 14.5. The van der Waals surface area contributed by atoms with Crippen LogP contribution in [0.1, 0.15) is 35.5 Å². The lowest BCUT2D eigenvalue weighted by Crippen LogP contribution is -2.22. The van der Waals surface area contributed by atoms with Crippen molar-refractivity contribution in [3.8, 4) is 11.5 Å². The van der Waals surface area contributed by atoms with Crippen LogP contribution >= 0.6 is 22.7 Å². The van der Waals surface area contributed by atoms with Crippen LogP contribution in [0.5, 0.6) is 0 Å². The topological polar surface area (TPSA) is 73.8 Å². The predicted molar refractivity (Wildman–Crippen MR) is 102 cm³/mol. The Hall–Kier alpha value is -2.32. The second kappa shape index (κ2) is 6.44. The summed E-state index contributed by atoms with van der Waals surface area (Å²) in [5.41, 5.74) is 2.11. The van der Waals surface area contributed by atoms with Crippen molar-refractivity contribution in [2.24, 2.45) is 0 Å². The molecule has 0 spiro atoms. The van der Waals surface area contributed by atoms with Crippen molar-refractivity contribution in [2.45, 2.75) is 38.6 Å². The van der Waals surface area contributed by atoms with Crippen LogP contribution in [-0.4, -0.2) is 19.7 Å². The van der Waals surface area contributed by atoms with Crippen molar-refractivity contribution in [3.63, 3.8) is 0 Å². The molecule has 1 aliphatic carbocycles. The molecule has 0 atom stereocenters. The van der Waals surface area contributed by atoms with E-state index in [2.05, 4.69) is 15.1 Å². The summed E-state index contributed by atoms with van der Waals surface area (Å²) in [5.74, 6) is 0.962. The minimum Gasteiger partial charge on any atom is -0.334 e. The van der Waals surface area contributed by atoms with Gasteiger partial charge in [0.05, 0.1) is 23.8 Å². The zero-order valence-corrected chi connectivity index (χ0v) is 15.6. The first-order chi connectivity index (χ1) is 12.8. The maximum Gasteiger partial charge on any atom is 0.262 e. The molecular weight excluding hydrogens is 368 g/mol. The lowest BCUT2D eigenvalue weighted by atomic mass is 10.1. The van der Waals surface area contributed by atoms with E-state index in [0.717, 1.165) is 35.0 Å². The molecule has 0 amide bonds. The molecule has 0 bridgehead atoms. The summed E-state index contributed by atoms with van der Waals surface area (Å²) in [6.45, 7) is 0.264. The lowest BCUT2D eigenvalue weighted by Gasteiger charge is -2.03. The van der Waals surface area contributed by atoms with E-state index in [9.17, 15) is 4.79 Å². The van der Waals surface area contributed by atoms with Gasteiger partial charge < -0.3 is 4.52 Å². The highest BCUT2D eigenvalue weighted by atomic mass is 32.1. The first-order valence-electron chi connectivity index (χ1n) is 8.64. The molecule has 0 unspecified atom stereocenters. The van der Waals surface area contributed by atoms with Gasteiger partial charge in [0.15, 0.2) is 5.82 Å². The SMILES string of the molecule is O=c1c2c3c(sc2ncn1Cc1noc(-c2ccsc2)n1)CCCCC3. The van der Waals surface area contributed by atoms with Crippen molar-refractivity contribution in [1.82, 2.24) is 19.7 Å². The van der Waals surface area contributed by atoms with Gasteiger partial charge >= 0.3 is 0 Å². The van der Waals surface area contributed by atoms with E-state index in [-0.39, 0.29) is 12.1 Å². The highest BCUT2D eigenvalue weighted by Gasteiger charge is 2.19. The van der Waals surface area contributed by atoms with Crippen LogP contribution in [-0.2, 0) is 19.4 Å². The van der Waals surface area contributed by atoms with Crippen molar-refractivity contribution in [2.75, 3.05) is 0 Å². The molecule has 0 aromatic carbocycles. The van der Waals surface area contributed by atoms with E-state index in [4.69, 9.17) is 4.52 Å². The molecule has 4 aromatic rings. The van der Waals surface area contributed by atoms with E-state index >= 15 is 0 Å². The summed E-state index contributed by atoms with van der Waals surface area (Å²) < 4.78 is 6.90. The Morgan fingerprint density at radius 1 is 1.23 bits per heavy atom. The molecule has 0 saturated heterocycles. The minimum atomic E-state index is -0.00344. The van der Waals surface area contributed by atoms with E-state index < -0.39 is 0 Å². The number of hydrogen-bond acceptors (Lipinski definition) is 7. The maximum atomic E-state index is 13.1. The Balaban J connectivity index is 1.52. The van der Waals surface area contributed by atoms with Crippen molar-refractivity contribution in [1.29, 1.82) is 0 Å².